The molecule has 6 nitrogen and oxygen atoms in total. The number of quaternary nitrogens is 1. The molecular formula is C16H24F9N2O4+. The summed E-state index contributed by atoms with van der Waals surface area (Å²) in [6.07, 6.45) is -9.88. The Morgan fingerprint density at radius 3 is 1.87 bits per heavy atom. The highest BCUT2D eigenvalue weighted by Crippen LogP contribution is 2.53. The maximum Gasteiger partial charge on any atom is 0.460 e. The van der Waals surface area contributed by atoms with E-state index in [2.05, 4.69) is 14.8 Å². The van der Waals surface area contributed by atoms with Crippen molar-refractivity contribution in [2.24, 2.45) is 0 Å². The largest absolute Gasteiger partial charge is 0.469 e. The topological polar surface area (TPSA) is 64.6 Å². The Hall–Kier alpha value is -1.77. The highest BCUT2D eigenvalue weighted by Gasteiger charge is 2.81. The molecule has 0 amide bonds. The predicted octanol–water partition coefficient (Wildman–Crippen LogP) is 2.62. The van der Waals surface area contributed by atoms with Gasteiger partial charge in [0, 0.05) is 6.54 Å². The second kappa shape index (κ2) is 10.2. The highest BCUT2D eigenvalue weighted by atomic mass is 19.4. The number of alkyl halides is 9. The molecule has 0 aliphatic carbocycles. The first-order chi connectivity index (χ1) is 13.7. The van der Waals surface area contributed by atoms with Gasteiger partial charge in [0.25, 0.3) is 0 Å². The molecule has 0 radical (unpaired) electrons. The van der Waals surface area contributed by atoms with E-state index in [9.17, 15) is 49.1 Å². The summed E-state index contributed by atoms with van der Waals surface area (Å²) in [5, 5.41) is 2.57. The van der Waals surface area contributed by atoms with Gasteiger partial charge < -0.3 is 14.0 Å². The van der Waals surface area contributed by atoms with Crippen LogP contribution in [-0.2, 0) is 19.1 Å². The second-order valence-electron chi connectivity index (χ2n) is 7.57. The smallest absolute Gasteiger partial charge is 0.460 e. The summed E-state index contributed by atoms with van der Waals surface area (Å²) in [5.41, 5.74) is 0. The van der Waals surface area contributed by atoms with Gasteiger partial charge in [-0.1, -0.05) is 0 Å². The Kier molecular flexibility index (Phi) is 9.65. The molecule has 0 saturated heterocycles. The molecule has 0 aromatic rings. The zero-order chi connectivity index (χ0) is 24.9. The van der Waals surface area contributed by atoms with Crippen molar-refractivity contribution < 1.29 is 63.1 Å². The van der Waals surface area contributed by atoms with Gasteiger partial charge in [-0.3, -0.25) is 14.9 Å². The third-order valence-electron chi connectivity index (χ3n) is 3.93. The van der Waals surface area contributed by atoms with Crippen LogP contribution in [0, 0.1) is 0 Å². The number of hydrogen-bond donors (Lipinski definition) is 1. The van der Waals surface area contributed by atoms with E-state index in [0.717, 1.165) is 7.11 Å². The molecule has 31 heavy (non-hydrogen) atoms. The quantitative estimate of drug-likeness (QED) is 0.265. The lowest BCUT2D eigenvalue weighted by molar-refractivity contribution is -0.869. The van der Waals surface area contributed by atoms with E-state index in [-0.39, 0.29) is 6.54 Å². The van der Waals surface area contributed by atoms with Crippen molar-refractivity contribution in [1.82, 2.24) is 5.32 Å². The SMILES string of the molecule is COC(=O)CC(NCC[N+](C)(C)C)C(=O)OCCC(F)(F)C(F)(F)C(F)(F)C(F)(F)F. The number of nitrogens with one attached hydrogen (secondary N) is 1. The Bertz CT molecular complexity index is 619. The van der Waals surface area contributed by atoms with Crippen LogP contribution in [0.15, 0.2) is 0 Å². The third kappa shape index (κ3) is 8.01. The van der Waals surface area contributed by atoms with Gasteiger partial charge >= 0.3 is 35.9 Å². The van der Waals surface area contributed by atoms with Crippen LogP contribution in [-0.4, -0.2) is 94.4 Å². The Morgan fingerprint density at radius 1 is 0.935 bits per heavy atom. The number of carbonyl (C=O) groups excluding carboxylic acids is 2. The number of carbonyl (C=O) groups is 2. The van der Waals surface area contributed by atoms with E-state index in [0.29, 0.717) is 11.0 Å². The van der Waals surface area contributed by atoms with Gasteiger partial charge in [-0.2, -0.15) is 39.5 Å². The zero-order valence-electron chi connectivity index (χ0n) is 17.1. The van der Waals surface area contributed by atoms with E-state index in [4.69, 9.17) is 0 Å². The molecule has 0 rings (SSSR count). The fourth-order valence-corrected chi connectivity index (χ4v) is 2.01. The molecule has 1 atom stereocenters. The Labute approximate surface area is 172 Å². The second-order valence-corrected chi connectivity index (χ2v) is 7.57. The number of ether oxygens (including phenoxy) is 2. The van der Waals surface area contributed by atoms with Crippen molar-refractivity contribution in [3.05, 3.63) is 0 Å². The number of nitrogens with zero attached hydrogens (tertiary/aromatic N) is 1. The van der Waals surface area contributed by atoms with Crippen molar-refractivity contribution in [1.29, 1.82) is 0 Å². The number of rotatable bonds is 12. The first-order valence-corrected chi connectivity index (χ1v) is 8.67. The van der Waals surface area contributed by atoms with Crippen LogP contribution < -0.4 is 5.32 Å². The molecule has 0 aliphatic heterocycles. The molecule has 0 fully saturated rings. The number of methoxy groups -OCH3 is 1. The van der Waals surface area contributed by atoms with Crippen LogP contribution in [0.1, 0.15) is 12.8 Å². The molecular weight excluding hydrogens is 455 g/mol. The van der Waals surface area contributed by atoms with Crippen molar-refractivity contribution in [2.75, 3.05) is 47.9 Å². The van der Waals surface area contributed by atoms with Crippen LogP contribution in [0.4, 0.5) is 39.5 Å². The summed E-state index contributed by atoms with van der Waals surface area (Å²) < 4.78 is 124. The first-order valence-electron chi connectivity index (χ1n) is 8.67. The maximum absolute atomic E-state index is 13.5. The predicted molar refractivity (Wildman–Crippen MR) is 87.8 cm³/mol. The monoisotopic (exact) mass is 479 g/mol. The normalized spacial score (nSPS) is 14.9. The number of likely N-dealkylation sites (N-methyl/N-ethyl adjacent to an activating group) is 1. The van der Waals surface area contributed by atoms with Crippen LogP contribution >= 0.6 is 0 Å². The van der Waals surface area contributed by atoms with Gasteiger partial charge in [0.2, 0.25) is 0 Å². The summed E-state index contributed by atoms with van der Waals surface area (Å²) >= 11 is 0. The van der Waals surface area contributed by atoms with E-state index >= 15 is 0 Å². The molecule has 1 unspecified atom stereocenters. The van der Waals surface area contributed by atoms with Crippen molar-refractivity contribution in [3.63, 3.8) is 0 Å². The number of esters is 2. The summed E-state index contributed by atoms with van der Waals surface area (Å²) in [7, 11) is 6.34. The van der Waals surface area contributed by atoms with Crippen molar-refractivity contribution in [2.45, 2.75) is 42.8 Å². The van der Waals surface area contributed by atoms with E-state index in [1.807, 2.05) is 0 Å². The van der Waals surface area contributed by atoms with Crippen LogP contribution in [0.25, 0.3) is 0 Å². The average molecular weight is 479 g/mol. The standard InChI is InChI=1S/C16H24F9N2O4/c1-27(2,3)7-6-26-10(9-11(28)30-4)12(29)31-8-5-13(17,18)14(19,20)15(21,22)16(23,24)25/h10,26H,5-9H2,1-4H3/q+1. The Balaban J connectivity index is 5.12. The molecule has 184 valence electrons. The van der Waals surface area contributed by atoms with Crippen molar-refractivity contribution >= 4 is 11.9 Å². The number of halogens is 9. The molecule has 0 aliphatic rings. The summed E-state index contributed by atoms with van der Waals surface area (Å²) in [4.78, 5) is 23.4. The van der Waals surface area contributed by atoms with Gasteiger partial charge in [0.15, 0.2) is 0 Å². The molecule has 0 heterocycles. The lowest BCUT2D eigenvalue weighted by Crippen LogP contribution is -2.61. The molecule has 0 spiro atoms. The van der Waals surface area contributed by atoms with Gasteiger partial charge in [0.1, 0.15) is 6.04 Å². The minimum atomic E-state index is -7.02. The van der Waals surface area contributed by atoms with E-state index in [1.54, 1.807) is 21.1 Å². The molecule has 0 aromatic heterocycles. The van der Waals surface area contributed by atoms with E-state index in [1.165, 1.54) is 0 Å². The molecule has 0 bridgehead atoms. The fourth-order valence-electron chi connectivity index (χ4n) is 2.01. The number of hydrogen-bond acceptors (Lipinski definition) is 5. The van der Waals surface area contributed by atoms with Crippen LogP contribution in [0.2, 0.25) is 0 Å². The lowest BCUT2D eigenvalue weighted by Gasteiger charge is -2.33. The van der Waals surface area contributed by atoms with E-state index < -0.39 is 61.4 Å². The maximum atomic E-state index is 13.5. The average Bonchev–Trinajstić information content (AvgIpc) is 2.57. The highest BCUT2D eigenvalue weighted by molar-refractivity contribution is 5.82. The van der Waals surface area contributed by atoms with Gasteiger partial charge in [-0.15, -0.1) is 0 Å². The third-order valence-corrected chi connectivity index (χ3v) is 3.93. The van der Waals surface area contributed by atoms with Gasteiger partial charge in [-0.25, -0.2) is 0 Å². The van der Waals surface area contributed by atoms with Crippen molar-refractivity contribution in [3.8, 4) is 0 Å². The van der Waals surface area contributed by atoms with Crippen LogP contribution in [0.5, 0.6) is 0 Å². The molecule has 1 N–H and O–H groups in total. The first kappa shape index (κ1) is 29.2. The van der Waals surface area contributed by atoms with Gasteiger partial charge in [-0.05, 0) is 0 Å². The summed E-state index contributed by atoms with van der Waals surface area (Å²) in [6.45, 7) is -1.07. The fraction of sp³-hybridized carbons (Fsp3) is 0.875. The zero-order valence-corrected chi connectivity index (χ0v) is 17.1. The molecule has 0 aromatic carbocycles. The summed E-state index contributed by atoms with van der Waals surface area (Å²) in [6, 6.07) is -1.45. The van der Waals surface area contributed by atoms with Crippen LogP contribution in [0.3, 0.4) is 0 Å². The summed E-state index contributed by atoms with van der Waals surface area (Å²) in [5.74, 6) is -22.0. The lowest BCUT2D eigenvalue weighted by atomic mass is 10.0. The molecule has 15 heteroatoms. The Morgan fingerprint density at radius 2 is 1.45 bits per heavy atom. The minimum absolute atomic E-state index is 0.117. The minimum Gasteiger partial charge on any atom is -0.469 e. The molecule has 0 saturated carbocycles. The van der Waals surface area contributed by atoms with Gasteiger partial charge in [0.05, 0.1) is 54.2 Å².